The lowest BCUT2D eigenvalue weighted by Gasteiger charge is -2.57. The quantitative estimate of drug-likeness (QED) is 0.226. The summed E-state index contributed by atoms with van der Waals surface area (Å²) in [6.45, 7) is 7.68. The Hall–Kier alpha value is -2.10. The van der Waals surface area contributed by atoms with E-state index in [-0.39, 0.29) is 16.9 Å². The van der Waals surface area contributed by atoms with E-state index < -0.39 is 6.16 Å². The van der Waals surface area contributed by atoms with E-state index >= 15 is 0 Å². The molecule has 4 aliphatic rings. The SMILES string of the molecule is CCCCCCOC(=O)OC1CCC2(C)C(=CCC3C2CCC2(C)C(c4cccnc4)=CCC32)C1. The summed E-state index contributed by atoms with van der Waals surface area (Å²) in [4.78, 5) is 16.7. The molecule has 0 radical (unpaired) electrons. The van der Waals surface area contributed by atoms with E-state index in [0.717, 1.165) is 43.9 Å². The maximum absolute atomic E-state index is 12.2. The molecule has 0 saturated heterocycles. The molecule has 1 aromatic heterocycles. The number of rotatable bonds is 7. The predicted molar refractivity (Wildman–Crippen MR) is 140 cm³/mol. The van der Waals surface area contributed by atoms with Gasteiger partial charge < -0.3 is 9.47 Å². The van der Waals surface area contributed by atoms with Crippen LogP contribution in [0.1, 0.15) is 97.0 Å². The molecule has 6 unspecified atom stereocenters. The average molecular weight is 478 g/mol. The second-order valence-corrected chi connectivity index (χ2v) is 12.0. The minimum Gasteiger partial charge on any atom is -0.434 e. The zero-order valence-electron chi connectivity index (χ0n) is 21.9. The number of nitrogens with zero attached hydrogens (tertiary/aromatic N) is 1. The van der Waals surface area contributed by atoms with Crippen LogP contribution in [0.3, 0.4) is 0 Å². The summed E-state index contributed by atoms with van der Waals surface area (Å²) in [5.41, 5.74) is 4.87. The highest BCUT2D eigenvalue weighted by Crippen LogP contribution is 2.66. The average Bonchev–Trinajstić information content (AvgIpc) is 3.22. The van der Waals surface area contributed by atoms with Crippen LogP contribution in [0.2, 0.25) is 0 Å². The Morgan fingerprint density at radius 2 is 1.91 bits per heavy atom. The van der Waals surface area contributed by atoms with Crippen LogP contribution in [0.25, 0.3) is 5.57 Å². The van der Waals surface area contributed by atoms with Gasteiger partial charge in [0.25, 0.3) is 0 Å². The van der Waals surface area contributed by atoms with Gasteiger partial charge in [0, 0.05) is 18.8 Å². The van der Waals surface area contributed by atoms with E-state index in [9.17, 15) is 4.79 Å². The molecule has 35 heavy (non-hydrogen) atoms. The number of hydrogen-bond donors (Lipinski definition) is 0. The van der Waals surface area contributed by atoms with Gasteiger partial charge in [-0.3, -0.25) is 4.98 Å². The number of fused-ring (bicyclic) bond motifs is 5. The fourth-order valence-corrected chi connectivity index (χ4v) is 8.12. The Bertz CT molecular complexity index is 969. The number of carbonyl (C=O) groups excluding carboxylic acids is 1. The molecule has 1 heterocycles. The van der Waals surface area contributed by atoms with Crippen molar-refractivity contribution in [2.24, 2.45) is 28.6 Å². The third-order valence-electron chi connectivity index (χ3n) is 10.1. The highest BCUT2D eigenvalue weighted by atomic mass is 16.7. The highest BCUT2D eigenvalue weighted by Gasteiger charge is 2.57. The summed E-state index contributed by atoms with van der Waals surface area (Å²) < 4.78 is 11.1. The van der Waals surface area contributed by atoms with E-state index in [0.29, 0.717) is 12.5 Å². The highest BCUT2D eigenvalue weighted by molar-refractivity contribution is 5.72. The number of aromatic nitrogens is 1. The molecule has 0 amide bonds. The normalized spacial score (nSPS) is 35.7. The van der Waals surface area contributed by atoms with Crippen molar-refractivity contribution in [1.82, 2.24) is 4.98 Å². The number of ether oxygens (including phenoxy) is 2. The minimum absolute atomic E-state index is 0.0341. The van der Waals surface area contributed by atoms with E-state index in [1.165, 1.54) is 55.2 Å². The largest absolute Gasteiger partial charge is 0.508 e. The van der Waals surface area contributed by atoms with Crippen molar-refractivity contribution < 1.29 is 14.3 Å². The molecule has 0 aromatic carbocycles. The van der Waals surface area contributed by atoms with Crippen molar-refractivity contribution in [2.45, 2.75) is 97.5 Å². The summed E-state index contributed by atoms with van der Waals surface area (Å²) in [6.07, 6.45) is 20.7. The van der Waals surface area contributed by atoms with Gasteiger partial charge in [-0.15, -0.1) is 0 Å². The molecular weight excluding hydrogens is 434 g/mol. The van der Waals surface area contributed by atoms with Gasteiger partial charge in [-0.25, -0.2) is 4.79 Å². The van der Waals surface area contributed by atoms with E-state index in [1.807, 2.05) is 12.4 Å². The zero-order chi connectivity index (χ0) is 24.5. The molecule has 0 bridgehead atoms. The second-order valence-electron chi connectivity index (χ2n) is 12.0. The van der Waals surface area contributed by atoms with Crippen molar-refractivity contribution in [3.8, 4) is 0 Å². The molecule has 5 rings (SSSR count). The zero-order valence-corrected chi connectivity index (χ0v) is 21.9. The molecular formula is C31H43NO3. The van der Waals surface area contributed by atoms with E-state index in [2.05, 4.69) is 50.0 Å². The molecule has 2 saturated carbocycles. The van der Waals surface area contributed by atoms with Gasteiger partial charge in [0.05, 0.1) is 6.61 Å². The first-order valence-electron chi connectivity index (χ1n) is 14.1. The van der Waals surface area contributed by atoms with Crippen molar-refractivity contribution >= 4 is 11.7 Å². The molecule has 6 atom stereocenters. The third kappa shape index (κ3) is 4.58. The lowest BCUT2D eigenvalue weighted by molar-refractivity contribution is -0.0360. The van der Waals surface area contributed by atoms with Gasteiger partial charge >= 0.3 is 6.16 Å². The monoisotopic (exact) mass is 477 g/mol. The van der Waals surface area contributed by atoms with Crippen LogP contribution in [-0.4, -0.2) is 23.9 Å². The van der Waals surface area contributed by atoms with E-state index in [1.54, 1.807) is 0 Å². The topological polar surface area (TPSA) is 48.4 Å². The van der Waals surface area contributed by atoms with Crippen LogP contribution < -0.4 is 0 Å². The third-order valence-corrected chi connectivity index (χ3v) is 10.1. The van der Waals surface area contributed by atoms with Crippen molar-refractivity contribution in [2.75, 3.05) is 6.61 Å². The van der Waals surface area contributed by atoms with E-state index in [4.69, 9.17) is 9.47 Å². The lowest BCUT2D eigenvalue weighted by atomic mass is 9.47. The summed E-state index contributed by atoms with van der Waals surface area (Å²) in [6, 6.07) is 4.30. The molecule has 2 fully saturated rings. The summed E-state index contributed by atoms with van der Waals surface area (Å²) in [5, 5.41) is 0. The Balaban J connectivity index is 1.22. The lowest BCUT2D eigenvalue weighted by Crippen LogP contribution is -2.50. The van der Waals surface area contributed by atoms with Crippen LogP contribution in [0.15, 0.2) is 42.3 Å². The molecule has 4 nitrogen and oxygen atoms in total. The fourth-order valence-electron chi connectivity index (χ4n) is 8.12. The maximum atomic E-state index is 12.2. The Morgan fingerprint density at radius 3 is 2.71 bits per heavy atom. The van der Waals surface area contributed by atoms with Gasteiger partial charge in [-0.05, 0) is 90.7 Å². The molecule has 190 valence electrons. The Kier molecular flexibility index (Phi) is 7.10. The first-order chi connectivity index (χ1) is 17.0. The number of unbranched alkanes of at least 4 members (excludes halogenated alkanes) is 3. The van der Waals surface area contributed by atoms with Crippen molar-refractivity contribution in [1.29, 1.82) is 0 Å². The van der Waals surface area contributed by atoms with Gasteiger partial charge in [0.2, 0.25) is 0 Å². The molecule has 0 N–H and O–H groups in total. The number of pyridine rings is 1. The standard InChI is InChI=1S/C31H43NO3/c1-4-5-6-7-19-34-29(33)35-24-14-16-30(2)23(20-24)10-11-25-27-13-12-26(22-9-8-18-32-21-22)31(27,3)17-15-28(25)30/h8-10,12,18,21,24-25,27-28H,4-7,11,13-17,19-20H2,1-3H3. The molecule has 4 aliphatic carbocycles. The number of hydrogen-bond acceptors (Lipinski definition) is 4. The second kappa shape index (κ2) is 10.1. The van der Waals surface area contributed by atoms with Crippen LogP contribution in [0, 0.1) is 28.6 Å². The Labute approximate surface area is 211 Å². The van der Waals surface area contributed by atoms with Gasteiger partial charge in [0.15, 0.2) is 0 Å². The smallest absolute Gasteiger partial charge is 0.434 e. The van der Waals surface area contributed by atoms with Gasteiger partial charge in [-0.2, -0.15) is 0 Å². The molecule has 4 heteroatoms. The number of allylic oxidation sites excluding steroid dienone is 3. The van der Waals surface area contributed by atoms with Crippen molar-refractivity contribution in [3.63, 3.8) is 0 Å². The van der Waals surface area contributed by atoms with Gasteiger partial charge in [0.1, 0.15) is 6.10 Å². The maximum Gasteiger partial charge on any atom is 0.508 e. The first-order valence-corrected chi connectivity index (χ1v) is 14.1. The van der Waals surface area contributed by atoms with Crippen LogP contribution in [0.4, 0.5) is 4.79 Å². The molecule has 1 aromatic rings. The van der Waals surface area contributed by atoms with Gasteiger partial charge in [-0.1, -0.05) is 63.8 Å². The fraction of sp³-hybridized carbons (Fsp3) is 0.677. The van der Waals surface area contributed by atoms with Crippen molar-refractivity contribution in [3.05, 3.63) is 47.8 Å². The summed E-state index contributed by atoms with van der Waals surface area (Å²) in [5.74, 6) is 2.18. The van der Waals surface area contributed by atoms with Crippen LogP contribution >= 0.6 is 0 Å². The number of carbonyl (C=O) groups is 1. The molecule has 0 spiro atoms. The minimum atomic E-state index is -0.474. The summed E-state index contributed by atoms with van der Waals surface area (Å²) in [7, 11) is 0. The van der Waals surface area contributed by atoms with Crippen LogP contribution in [0.5, 0.6) is 0 Å². The van der Waals surface area contributed by atoms with Crippen LogP contribution in [-0.2, 0) is 9.47 Å². The first kappa shape index (κ1) is 24.6. The predicted octanol–water partition coefficient (Wildman–Crippen LogP) is 8.14. The molecule has 0 aliphatic heterocycles. The summed E-state index contributed by atoms with van der Waals surface area (Å²) >= 11 is 0. The Morgan fingerprint density at radius 1 is 1.06 bits per heavy atom.